The Kier molecular flexibility index (Phi) is 5.46. The Labute approximate surface area is 132 Å². The normalized spacial score (nSPS) is 15.1. The molecule has 1 aromatic rings. The second-order valence-corrected chi connectivity index (χ2v) is 5.72. The highest BCUT2D eigenvalue weighted by molar-refractivity contribution is 5.75. The van der Waals surface area contributed by atoms with Gasteiger partial charge in [-0.2, -0.15) is 0 Å². The molecule has 0 bridgehead atoms. The van der Waals surface area contributed by atoms with E-state index in [1.54, 1.807) is 13.3 Å². The fourth-order valence-electron chi connectivity index (χ4n) is 2.75. The number of pyridine rings is 1. The van der Waals surface area contributed by atoms with Gasteiger partial charge in [-0.3, -0.25) is 4.98 Å². The predicted molar refractivity (Wildman–Crippen MR) is 87.5 cm³/mol. The molecule has 6 nitrogen and oxygen atoms in total. The molecule has 2 rings (SSSR count). The van der Waals surface area contributed by atoms with E-state index in [0.29, 0.717) is 0 Å². The molecule has 0 saturated carbocycles. The van der Waals surface area contributed by atoms with Crippen molar-refractivity contribution in [3.8, 4) is 5.75 Å². The third-order valence-corrected chi connectivity index (χ3v) is 4.06. The molecule has 22 heavy (non-hydrogen) atoms. The number of rotatable bonds is 4. The maximum Gasteiger partial charge on any atom is 0.320 e. The van der Waals surface area contributed by atoms with Crippen molar-refractivity contribution >= 4 is 11.7 Å². The second kappa shape index (κ2) is 7.33. The number of carbonyl (C=O) groups is 1. The minimum Gasteiger partial charge on any atom is -0.495 e. The van der Waals surface area contributed by atoms with Crippen LogP contribution < -0.4 is 9.64 Å². The first kappa shape index (κ1) is 16.4. The largest absolute Gasteiger partial charge is 0.495 e. The van der Waals surface area contributed by atoms with E-state index in [1.165, 1.54) is 0 Å². The van der Waals surface area contributed by atoms with Gasteiger partial charge in [0.15, 0.2) is 0 Å². The van der Waals surface area contributed by atoms with Gasteiger partial charge in [0.05, 0.1) is 25.2 Å². The predicted octanol–water partition coefficient (Wildman–Crippen LogP) is 2.06. The van der Waals surface area contributed by atoms with Crippen molar-refractivity contribution in [2.45, 2.75) is 26.8 Å². The zero-order valence-electron chi connectivity index (χ0n) is 14.0. The lowest BCUT2D eigenvalue weighted by Gasteiger charge is -2.39. The number of nitrogens with zero attached hydrogens (tertiary/aromatic N) is 4. The van der Waals surface area contributed by atoms with Gasteiger partial charge in [0.2, 0.25) is 0 Å². The SMILES string of the molecule is CCN(C(=O)N1CCN(c2cncc(OC)c2)CC1)C(C)C. The summed E-state index contributed by atoms with van der Waals surface area (Å²) in [6.45, 7) is 9.98. The lowest BCUT2D eigenvalue weighted by Crippen LogP contribution is -2.54. The molecule has 1 saturated heterocycles. The fraction of sp³-hybridized carbons (Fsp3) is 0.625. The number of hydrogen-bond acceptors (Lipinski definition) is 4. The van der Waals surface area contributed by atoms with Gasteiger partial charge < -0.3 is 19.4 Å². The Morgan fingerprint density at radius 2 is 2.00 bits per heavy atom. The lowest BCUT2D eigenvalue weighted by molar-refractivity contribution is 0.140. The average molecular weight is 306 g/mol. The smallest absolute Gasteiger partial charge is 0.320 e. The number of piperazine rings is 1. The van der Waals surface area contributed by atoms with Gasteiger partial charge in [0, 0.05) is 44.8 Å². The third-order valence-electron chi connectivity index (χ3n) is 4.06. The summed E-state index contributed by atoms with van der Waals surface area (Å²) in [4.78, 5) is 22.8. The van der Waals surface area contributed by atoms with Crippen LogP contribution in [0.5, 0.6) is 5.75 Å². The van der Waals surface area contributed by atoms with Crippen LogP contribution in [0.25, 0.3) is 0 Å². The number of ether oxygens (including phenoxy) is 1. The molecule has 0 spiro atoms. The summed E-state index contributed by atoms with van der Waals surface area (Å²) in [5.74, 6) is 0.757. The zero-order chi connectivity index (χ0) is 16.1. The Morgan fingerprint density at radius 3 is 2.55 bits per heavy atom. The first-order chi connectivity index (χ1) is 10.6. The molecule has 1 aliphatic heterocycles. The first-order valence-corrected chi connectivity index (χ1v) is 7.86. The number of aromatic nitrogens is 1. The summed E-state index contributed by atoms with van der Waals surface area (Å²) in [7, 11) is 1.64. The van der Waals surface area contributed by atoms with Crippen molar-refractivity contribution in [1.82, 2.24) is 14.8 Å². The second-order valence-electron chi connectivity index (χ2n) is 5.72. The molecule has 2 heterocycles. The van der Waals surface area contributed by atoms with Gasteiger partial charge in [0.1, 0.15) is 5.75 Å². The molecule has 0 atom stereocenters. The Bertz CT molecular complexity index is 499. The van der Waals surface area contributed by atoms with Crippen LogP contribution in [0.4, 0.5) is 10.5 Å². The van der Waals surface area contributed by atoms with E-state index < -0.39 is 0 Å². The van der Waals surface area contributed by atoms with E-state index in [1.807, 2.05) is 29.0 Å². The van der Waals surface area contributed by atoms with Gasteiger partial charge in [-0.1, -0.05) is 0 Å². The van der Waals surface area contributed by atoms with Crippen LogP contribution in [0.2, 0.25) is 0 Å². The van der Waals surface area contributed by atoms with E-state index in [2.05, 4.69) is 23.7 Å². The van der Waals surface area contributed by atoms with Crippen LogP contribution in [-0.4, -0.2) is 66.7 Å². The highest BCUT2D eigenvalue weighted by Crippen LogP contribution is 2.21. The molecule has 0 aromatic carbocycles. The first-order valence-electron chi connectivity index (χ1n) is 7.86. The molecule has 122 valence electrons. The molecule has 0 N–H and O–H groups in total. The van der Waals surface area contributed by atoms with Crippen LogP contribution in [-0.2, 0) is 0 Å². The van der Waals surface area contributed by atoms with Crippen molar-refractivity contribution in [1.29, 1.82) is 0 Å². The molecule has 0 unspecified atom stereocenters. The molecule has 6 heteroatoms. The Morgan fingerprint density at radius 1 is 1.32 bits per heavy atom. The monoisotopic (exact) mass is 306 g/mol. The van der Waals surface area contributed by atoms with Crippen LogP contribution >= 0.6 is 0 Å². The van der Waals surface area contributed by atoms with Gasteiger partial charge in [-0.05, 0) is 20.8 Å². The number of carbonyl (C=O) groups excluding carboxylic acids is 1. The van der Waals surface area contributed by atoms with Crippen molar-refractivity contribution in [3.63, 3.8) is 0 Å². The summed E-state index contributed by atoms with van der Waals surface area (Å²) in [5.41, 5.74) is 1.04. The molecule has 1 fully saturated rings. The Hall–Kier alpha value is -1.98. The van der Waals surface area contributed by atoms with Crippen LogP contribution in [0.15, 0.2) is 18.5 Å². The van der Waals surface area contributed by atoms with E-state index in [0.717, 1.165) is 44.2 Å². The standard InChI is InChI=1S/C16H26N4O2/c1-5-20(13(2)3)16(21)19-8-6-18(7-9-19)14-10-15(22-4)12-17-11-14/h10-13H,5-9H2,1-4H3. The minimum absolute atomic E-state index is 0.140. The summed E-state index contributed by atoms with van der Waals surface area (Å²) in [5, 5.41) is 0. The van der Waals surface area contributed by atoms with Crippen molar-refractivity contribution in [2.75, 3.05) is 44.7 Å². The quantitative estimate of drug-likeness (QED) is 0.854. The van der Waals surface area contributed by atoms with E-state index in [-0.39, 0.29) is 12.1 Å². The zero-order valence-corrected chi connectivity index (χ0v) is 14.0. The van der Waals surface area contributed by atoms with Gasteiger partial charge in [-0.15, -0.1) is 0 Å². The molecule has 2 amide bonds. The topological polar surface area (TPSA) is 48.9 Å². The Balaban J connectivity index is 1.96. The maximum absolute atomic E-state index is 12.5. The van der Waals surface area contributed by atoms with E-state index >= 15 is 0 Å². The summed E-state index contributed by atoms with van der Waals surface area (Å²) < 4.78 is 5.22. The molecule has 0 aliphatic carbocycles. The molecule has 1 aromatic heterocycles. The summed E-state index contributed by atoms with van der Waals surface area (Å²) in [6, 6.07) is 2.36. The average Bonchev–Trinajstić information content (AvgIpc) is 2.55. The van der Waals surface area contributed by atoms with Crippen molar-refractivity contribution in [3.05, 3.63) is 18.5 Å². The molecular weight excluding hydrogens is 280 g/mol. The fourth-order valence-corrected chi connectivity index (χ4v) is 2.75. The molecule has 1 aliphatic rings. The third kappa shape index (κ3) is 3.61. The highest BCUT2D eigenvalue weighted by Gasteiger charge is 2.26. The number of hydrogen-bond donors (Lipinski definition) is 0. The van der Waals surface area contributed by atoms with Crippen LogP contribution in [0.1, 0.15) is 20.8 Å². The van der Waals surface area contributed by atoms with Crippen molar-refractivity contribution < 1.29 is 9.53 Å². The number of amides is 2. The van der Waals surface area contributed by atoms with Crippen molar-refractivity contribution in [2.24, 2.45) is 0 Å². The summed E-state index contributed by atoms with van der Waals surface area (Å²) in [6.07, 6.45) is 3.54. The number of anilines is 1. The summed E-state index contributed by atoms with van der Waals surface area (Å²) >= 11 is 0. The lowest BCUT2D eigenvalue weighted by atomic mass is 10.2. The molecule has 0 radical (unpaired) electrons. The van der Waals surface area contributed by atoms with Gasteiger partial charge >= 0.3 is 6.03 Å². The van der Waals surface area contributed by atoms with Gasteiger partial charge in [-0.25, -0.2) is 4.79 Å². The van der Waals surface area contributed by atoms with E-state index in [9.17, 15) is 4.79 Å². The van der Waals surface area contributed by atoms with E-state index in [4.69, 9.17) is 4.74 Å². The number of methoxy groups -OCH3 is 1. The van der Waals surface area contributed by atoms with Crippen LogP contribution in [0, 0.1) is 0 Å². The molecular formula is C16H26N4O2. The maximum atomic E-state index is 12.5. The minimum atomic E-state index is 0.140. The van der Waals surface area contributed by atoms with Gasteiger partial charge in [0.25, 0.3) is 0 Å². The van der Waals surface area contributed by atoms with Crippen LogP contribution in [0.3, 0.4) is 0 Å². The highest BCUT2D eigenvalue weighted by atomic mass is 16.5. The number of urea groups is 1.